The largest absolute Gasteiger partial charge is 0.488 e. The second-order valence-electron chi connectivity index (χ2n) is 4.78. The number of hydrogen-bond acceptors (Lipinski definition) is 2. The molecule has 5 heteroatoms. The average Bonchev–Trinajstić information content (AvgIpc) is 2.47. The summed E-state index contributed by atoms with van der Waals surface area (Å²) in [6.07, 6.45) is 0.697. The maximum absolute atomic E-state index is 13.7. The van der Waals surface area contributed by atoms with Crippen molar-refractivity contribution < 1.29 is 13.9 Å². The minimum absolute atomic E-state index is 0.0313. The summed E-state index contributed by atoms with van der Waals surface area (Å²) in [5.74, 6) is 0.0948. The quantitative estimate of drug-likeness (QED) is 0.944. The smallest absolute Gasteiger partial charge is 0.251 e. The van der Waals surface area contributed by atoms with Crippen molar-refractivity contribution >= 4 is 17.5 Å². The molecule has 0 saturated heterocycles. The van der Waals surface area contributed by atoms with Gasteiger partial charge in [-0.1, -0.05) is 23.7 Å². The second-order valence-corrected chi connectivity index (χ2v) is 5.18. The van der Waals surface area contributed by atoms with Crippen molar-refractivity contribution in [1.29, 1.82) is 0 Å². The highest BCUT2D eigenvalue weighted by atomic mass is 35.5. The molecule has 0 spiro atoms. The van der Waals surface area contributed by atoms with Gasteiger partial charge in [0.05, 0.1) is 5.02 Å². The Labute approximate surface area is 126 Å². The molecule has 0 atom stereocenters. The van der Waals surface area contributed by atoms with Gasteiger partial charge in [-0.05, 0) is 30.7 Å². The van der Waals surface area contributed by atoms with Crippen molar-refractivity contribution in [2.75, 3.05) is 6.54 Å². The Balaban J connectivity index is 1.86. The van der Waals surface area contributed by atoms with Crippen molar-refractivity contribution in [3.05, 3.63) is 63.9 Å². The van der Waals surface area contributed by atoms with Gasteiger partial charge < -0.3 is 10.1 Å². The molecule has 0 radical (unpaired) electrons. The lowest BCUT2D eigenvalue weighted by Crippen LogP contribution is -2.32. The maximum atomic E-state index is 13.7. The van der Waals surface area contributed by atoms with Crippen molar-refractivity contribution in [2.24, 2.45) is 0 Å². The first-order valence-corrected chi connectivity index (χ1v) is 7.00. The molecule has 2 aromatic carbocycles. The molecule has 1 N–H and O–H groups in total. The van der Waals surface area contributed by atoms with Gasteiger partial charge in [0, 0.05) is 23.2 Å². The molecule has 3 rings (SSSR count). The number of halogens is 2. The number of ether oxygens (including phenoxy) is 1. The Morgan fingerprint density at radius 3 is 2.86 bits per heavy atom. The fourth-order valence-corrected chi connectivity index (χ4v) is 2.61. The van der Waals surface area contributed by atoms with Crippen LogP contribution in [0.25, 0.3) is 0 Å². The number of hydrogen-bond donors (Lipinski definition) is 1. The first-order valence-electron chi connectivity index (χ1n) is 6.62. The molecule has 0 bridgehead atoms. The molecule has 1 aliphatic heterocycles. The highest BCUT2D eigenvalue weighted by Crippen LogP contribution is 2.27. The number of benzene rings is 2. The summed E-state index contributed by atoms with van der Waals surface area (Å²) in [6.45, 7) is 0.607. The van der Waals surface area contributed by atoms with E-state index in [4.69, 9.17) is 16.3 Å². The van der Waals surface area contributed by atoms with E-state index >= 15 is 0 Å². The zero-order valence-corrected chi connectivity index (χ0v) is 11.9. The lowest BCUT2D eigenvalue weighted by Gasteiger charge is -2.20. The van der Waals surface area contributed by atoms with Gasteiger partial charge in [-0.15, -0.1) is 0 Å². The lowest BCUT2D eigenvalue weighted by molar-refractivity contribution is 0.0944. The number of carbonyl (C=O) groups is 1. The summed E-state index contributed by atoms with van der Waals surface area (Å²) in [5, 5.41) is 3.11. The third-order valence-electron chi connectivity index (χ3n) is 3.47. The van der Waals surface area contributed by atoms with Gasteiger partial charge in [-0.25, -0.2) is 4.39 Å². The standard InChI is InChI=1S/C16H13ClFNO2/c17-13-4-2-5-14(18)12(13)9-21-15-6-1-3-11-10(15)7-8-19-16(11)20/h1-6H,7-9H2,(H,19,20). The van der Waals surface area contributed by atoms with Crippen LogP contribution in [0.2, 0.25) is 5.02 Å². The zero-order chi connectivity index (χ0) is 14.8. The van der Waals surface area contributed by atoms with Crippen molar-refractivity contribution in [2.45, 2.75) is 13.0 Å². The van der Waals surface area contributed by atoms with Crippen LogP contribution >= 0.6 is 11.6 Å². The Morgan fingerprint density at radius 2 is 2.05 bits per heavy atom. The van der Waals surface area contributed by atoms with Gasteiger partial charge in [-0.2, -0.15) is 0 Å². The highest BCUT2D eigenvalue weighted by molar-refractivity contribution is 6.31. The fraction of sp³-hybridized carbons (Fsp3) is 0.188. The number of rotatable bonds is 3. The number of fused-ring (bicyclic) bond motifs is 1. The van der Waals surface area contributed by atoms with Gasteiger partial charge in [0.1, 0.15) is 18.2 Å². The summed E-state index contributed by atoms with van der Waals surface area (Å²) in [4.78, 5) is 11.8. The van der Waals surface area contributed by atoms with Crippen molar-refractivity contribution in [1.82, 2.24) is 5.32 Å². The predicted molar refractivity (Wildman–Crippen MR) is 78.2 cm³/mol. The second kappa shape index (κ2) is 5.74. The number of amides is 1. The Morgan fingerprint density at radius 1 is 1.24 bits per heavy atom. The van der Waals surface area contributed by atoms with E-state index in [0.717, 1.165) is 5.56 Å². The summed E-state index contributed by atoms with van der Waals surface area (Å²) >= 11 is 5.98. The van der Waals surface area contributed by atoms with Gasteiger partial charge in [0.25, 0.3) is 5.91 Å². The van der Waals surface area contributed by atoms with Crippen LogP contribution in [0.15, 0.2) is 36.4 Å². The fourth-order valence-electron chi connectivity index (χ4n) is 2.39. The normalized spacial score (nSPS) is 13.5. The van der Waals surface area contributed by atoms with E-state index in [1.807, 2.05) is 0 Å². The molecule has 0 fully saturated rings. The van der Waals surface area contributed by atoms with Crippen LogP contribution in [0.1, 0.15) is 21.5 Å². The Hall–Kier alpha value is -2.07. The molecule has 0 unspecified atom stereocenters. The van der Waals surface area contributed by atoms with E-state index in [9.17, 15) is 9.18 Å². The molecule has 1 heterocycles. The van der Waals surface area contributed by atoms with Crippen LogP contribution in [0.4, 0.5) is 4.39 Å². The van der Waals surface area contributed by atoms with Gasteiger partial charge in [0.2, 0.25) is 0 Å². The van der Waals surface area contributed by atoms with E-state index in [1.165, 1.54) is 6.07 Å². The molecule has 1 aliphatic rings. The Bertz CT molecular complexity index is 682. The van der Waals surface area contributed by atoms with Crippen LogP contribution in [-0.4, -0.2) is 12.5 Å². The molecular formula is C16H13ClFNO2. The van der Waals surface area contributed by atoms with Crippen LogP contribution in [0.3, 0.4) is 0 Å². The molecule has 0 aliphatic carbocycles. The topological polar surface area (TPSA) is 38.3 Å². The minimum Gasteiger partial charge on any atom is -0.488 e. The first kappa shape index (κ1) is 13.9. The van der Waals surface area contributed by atoms with E-state index < -0.39 is 5.82 Å². The van der Waals surface area contributed by atoms with Crippen molar-refractivity contribution in [3.63, 3.8) is 0 Å². The maximum Gasteiger partial charge on any atom is 0.251 e. The molecule has 0 saturated carbocycles. The molecule has 21 heavy (non-hydrogen) atoms. The van der Waals surface area contributed by atoms with Crippen molar-refractivity contribution in [3.8, 4) is 5.75 Å². The number of carbonyl (C=O) groups excluding carboxylic acids is 1. The van der Waals surface area contributed by atoms with Crippen LogP contribution in [0.5, 0.6) is 5.75 Å². The predicted octanol–water partition coefficient (Wildman–Crippen LogP) is 3.34. The first-order chi connectivity index (χ1) is 10.2. The minimum atomic E-state index is -0.398. The van der Waals surface area contributed by atoms with E-state index in [1.54, 1.807) is 30.3 Å². The molecular weight excluding hydrogens is 293 g/mol. The zero-order valence-electron chi connectivity index (χ0n) is 11.2. The number of nitrogens with one attached hydrogen (secondary N) is 1. The molecule has 2 aromatic rings. The van der Waals surface area contributed by atoms with E-state index in [0.29, 0.717) is 34.9 Å². The summed E-state index contributed by atoms with van der Waals surface area (Å²) in [6, 6.07) is 9.81. The van der Waals surface area contributed by atoms with Crippen LogP contribution in [0, 0.1) is 5.82 Å². The monoisotopic (exact) mass is 305 g/mol. The molecule has 108 valence electrons. The Kier molecular flexibility index (Phi) is 3.80. The van der Waals surface area contributed by atoms with E-state index in [2.05, 4.69) is 5.32 Å². The van der Waals surface area contributed by atoms with Crippen LogP contribution < -0.4 is 10.1 Å². The van der Waals surface area contributed by atoms with Gasteiger partial charge >= 0.3 is 0 Å². The summed E-state index contributed by atoms with van der Waals surface area (Å²) in [5.41, 5.74) is 1.78. The lowest BCUT2D eigenvalue weighted by atomic mass is 9.99. The van der Waals surface area contributed by atoms with Gasteiger partial charge in [0.15, 0.2) is 0 Å². The van der Waals surface area contributed by atoms with Crippen LogP contribution in [-0.2, 0) is 13.0 Å². The highest BCUT2D eigenvalue weighted by Gasteiger charge is 2.20. The third kappa shape index (κ3) is 2.72. The molecule has 0 aromatic heterocycles. The summed E-state index contributed by atoms with van der Waals surface area (Å²) < 4.78 is 19.4. The SMILES string of the molecule is O=C1NCCc2c(OCc3c(F)cccc3Cl)cccc21. The molecule has 1 amide bonds. The summed E-state index contributed by atoms with van der Waals surface area (Å²) in [7, 11) is 0. The average molecular weight is 306 g/mol. The molecule has 3 nitrogen and oxygen atoms in total. The van der Waals surface area contributed by atoms with Gasteiger partial charge in [-0.3, -0.25) is 4.79 Å². The van der Waals surface area contributed by atoms with E-state index in [-0.39, 0.29) is 12.5 Å². The third-order valence-corrected chi connectivity index (χ3v) is 3.83.